The van der Waals surface area contributed by atoms with Crippen LogP contribution in [0.4, 0.5) is 0 Å². The lowest BCUT2D eigenvalue weighted by Crippen LogP contribution is -2.34. The van der Waals surface area contributed by atoms with Crippen LogP contribution in [0.2, 0.25) is 0 Å². The van der Waals surface area contributed by atoms with Crippen LogP contribution < -0.4 is 15.5 Å². The summed E-state index contributed by atoms with van der Waals surface area (Å²) in [6.45, 7) is 4.11. The lowest BCUT2D eigenvalue weighted by Gasteiger charge is -2.22. The van der Waals surface area contributed by atoms with E-state index in [1.54, 1.807) is 0 Å². The zero-order valence-electron chi connectivity index (χ0n) is 15.0. The number of imidazole rings is 1. The van der Waals surface area contributed by atoms with Gasteiger partial charge in [0.25, 0.3) is 5.91 Å². The number of fused-ring (bicyclic) bond motifs is 1. The van der Waals surface area contributed by atoms with E-state index in [0.29, 0.717) is 5.82 Å². The summed E-state index contributed by atoms with van der Waals surface area (Å²) in [4.78, 5) is 35.2. The Morgan fingerprint density at radius 1 is 1.35 bits per heavy atom. The number of amides is 1. The van der Waals surface area contributed by atoms with Crippen LogP contribution >= 0.6 is 0 Å². The number of ether oxygens (including phenoxy) is 1. The van der Waals surface area contributed by atoms with Gasteiger partial charge in [0.05, 0.1) is 24.2 Å². The predicted octanol–water partition coefficient (Wildman–Crippen LogP) is 2.78. The van der Waals surface area contributed by atoms with Gasteiger partial charge in [0.1, 0.15) is 11.5 Å². The molecule has 0 fully saturated rings. The maximum absolute atomic E-state index is 12.7. The van der Waals surface area contributed by atoms with Crippen molar-refractivity contribution in [2.45, 2.75) is 26.3 Å². The van der Waals surface area contributed by atoms with Crippen LogP contribution in [0.3, 0.4) is 0 Å². The van der Waals surface area contributed by atoms with Crippen LogP contribution in [0, 0.1) is 5.92 Å². The van der Waals surface area contributed by atoms with Crippen molar-refractivity contribution in [2.24, 2.45) is 5.92 Å². The van der Waals surface area contributed by atoms with Gasteiger partial charge >= 0.3 is 0 Å². The van der Waals surface area contributed by atoms with E-state index < -0.39 is 0 Å². The van der Waals surface area contributed by atoms with Crippen LogP contribution in [0.5, 0.6) is 5.75 Å². The molecule has 3 N–H and O–H groups in total. The Kier molecular flexibility index (Phi) is 5.06. The fourth-order valence-electron chi connectivity index (χ4n) is 2.80. The van der Waals surface area contributed by atoms with Crippen molar-refractivity contribution < 1.29 is 9.53 Å². The van der Waals surface area contributed by atoms with Crippen molar-refractivity contribution in [3.05, 3.63) is 58.3 Å². The van der Waals surface area contributed by atoms with Crippen molar-refractivity contribution in [3.8, 4) is 5.75 Å². The van der Waals surface area contributed by atoms with E-state index >= 15 is 0 Å². The van der Waals surface area contributed by atoms with Gasteiger partial charge in [-0.25, -0.2) is 4.98 Å². The highest BCUT2D eigenvalue weighted by Crippen LogP contribution is 2.24. The second-order valence-electron chi connectivity index (χ2n) is 6.26. The molecule has 0 spiro atoms. The summed E-state index contributed by atoms with van der Waals surface area (Å²) in [6.07, 6.45) is 2.25. The normalized spacial score (nSPS) is 13.3. The quantitative estimate of drug-likeness (QED) is 0.634. The van der Waals surface area contributed by atoms with Gasteiger partial charge in [0, 0.05) is 12.3 Å². The molecule has 7 heteroatoms. The number of hydrogen-bond donors (Lipinski definition) is 3. The molecule has 26 heavy (non-hydrogen) atoms. The second kappa shape index (κ2) is 7.43. The second-order valence-corrected chi connectivity index (χ2v) is 6.26. The number of methoxy groups -OCH3 is 1. The summed E-state index contributed by atoms with van der Waals surface area (Å²) in [7, 11) is 1.41. The van der Waals surface area contributed by atoms with Gasteiger partial charge in [0.2, 0.25) is 5.43 Å². The van der Waals surface area contributed by atoms with Crippen molar-refractivity contribution in [2.75, 3.05) is 7.11 Å². The Bertz CT molecular complexity index is 943. The summed E-state index contributed by atoms with van der Waals surface area (Å²) in [5.74, 6) is 0.655. The molecule has 3 rings (SSSR count). The molecule has 0 radical (unpaired) electrons. The smallest absolute Gasteiger partial charge is 0.268 e. The van der Waals surface area contributed by atoms with Gasteiger partial charge in [-0.2, -0.15) is 0 Å². The van der Waals surface area contributed by atoms with Crippen LogP contribution in [-0.2, 0) is 0 Å². The number of rotatable bonds is 6. The first-order valence-electron chi connectivity index (χ1n) is 8.55. The highest BCUT2D eigenvalue weighted by atomic mass is 16.5. The van der Waals surface area contributed by atoms with Gasteiger partial charge in [-0.3, -0.25) is 9.59 Å². The minimum atomic E-state index is -0.365. The molecule has 1 amide bonds. The number of hydrogen-bond acceptors (Lipinski definition) is 4. The monoisotopic (exact) mass is 354 g/mol. The highest BCUT2D eigenvalue weighted by molar-refractivity contribution is 5.92. The molecule has 2 heterocycles. The molecule has 0 aliphatic carbocycles. The minimum Gasteiger partial charge on any atom is -0.491 e. The number of nitrogens with one attached hydrogen (secondary N) is 3. The maximum Gasteiger partial charge on any atom is 0.268 e. The number of aromatic amines is 2. The Labute approximate surface area is 150 Å². The van der Waals surface area contributed by atoms with E-state index in [2.05, 4.69) is 34.1 Å². The van der Waals surface area contributed by atoms with Crippen LogP contribution in [-0.4, -0.2) is 28.0 Å². The Hall–Kier alpha value is -3.09. The molecule has 2 atom stereocenters. The third-order valence-corrected chi connectivity index (χ3v) is 4.54. The van der Waals surface area contributed by atoms with Crippen molar-refractivity contribution in [3.63, 3.8) is 0 Å². The molecule has 0 unspecified atom stereocenters. The fourth-order valence-corrected chi connectivity index (χ4v) is 2.80. The van der Waals surface area contributed by atoms with Crippen LogP contribution in [0.25, 0.3) is 11.0 Å². The van der Waals surface area contributed by atoms with E-state index in [4.69, 9.17) is 4.74 Å². The third-order valence-electron chi connectivity index (χ3n) is 4.54. The fraction of sp³-hybridized carbons (Fsp3) is 0.316. The van der Waals surface area contributed by atoms with E-state index in [-0.39, 0.29) is 34.7 Å². The first-order valence-corrected chi connectivity index (χ1v) is 8.55. The number of carbonyl (C=O) groups excluding carboxylic acids is 1. The SMILES string of the molecule is CC[C@H](C)[C@H](NC(=O)c1cc(=O)c(OC)c[nH]1)c1nc2ccccc2[nH]1. The topological polar surface area (TPSA) is 99.9 Å². The van der Waals surface area contributed by atoms with Gasteiger partial charge in [-0.15, -0.1) is 0 Å². The molecule has 0 saturated heterocycles. The van der Waals surface area contributed by atoms with Gasteiger partial charge < -0.3 is 20.0 Å². The molecule has 2 aromatic heterocycles. The Balaban J connectivity index is 1.90. The number of benzene rings is 1. The lowest BCUT2D eigenvalue weighted by molar-refractivity contribution is 0.0915. The van der Waals surface area contributed by atoms with E-state index in [1.807, 2.05) is 24.3 Å². The average Bonchev–Trinajstić information content (AvgIpc) is 3.08. The van der Waals surface area contributed by atoms with E-state index in [1.165, 1.54) is 19.4 Å². The van der Waals surface area contributed by atoms with E-state index in [9.17, 15) is 9.59 Å². The molecular weight excluding hydrogens is 332 g/mol. The number of carbonyl (C=O) groups is 1. The number of aromatic nitrogens is 3. The Morgan fingerprint density at radius 2 is 2.12 bits per heavy atom. The van der Waals surface area contributed by atoms with Crippen LogP contribution in [0.1, 0.15) is 42.6 Å². The molecule has 1 aromatic carbocycles. The first kappa shape index (κ1) is 17.7. The summed E-state index contributed by atoms with van der Waals surface area (Å²) >= 11 is 0. The van der Waals surface area contributed by atoms with Crippen molar-refractivity contribution in [1.29, 1.82) is 0 Å². The zero-order chi connectivity index (χ0) is 18.7. The molecule has 0 aliphatic rings. The van der Waals surface area contributed by atoms with Crippen LogP contribution in [0.15, 0.2) is 41.3 Å². The van der Waals surface area contributed by atoms with Gasteiger partial charge in [-0.1, -0.05) is 32.4 Å². The molecule has 7 nitrogen and oxygen atoms in total. The predicted molar refractivity (Wildman–Crippen MR) is 99.4 cm³/mol. The average molecular weight is 354 g/mol. The summed E-state index contributed by atoms with van der Waals surface area (Å²) < 4.78 is 4.93. The minimum absolute atomic E-state index is 0.157. The highest BCUT2D eigenvalue weighted by Gasteiger charge is 2.24. The Morgan fingerprint density at radius 3 is 2.77 bits per heavy atom. The van der Waals surface area contributed by atoms with Crippen molar-refractivity contribution >= 4 is 16.9 Å². The first-order chi connectivity index (χ1) is 12.5. The summed E-state index contributed by atoms with van der Waals surface area (Å²) in [5.41, 5.74) is 1.60. The van der Waals surface area contributed by atoms with Gasteiger partial charge in [0.15, 0.2) is 5.75 Å². The number of pyridine rings is 1. The number of nitrogens with zero attached hydrogens (tertiary/aromatic N) is 1. The molecular formula is C19H22N4O3. The molecule has 0 aliphatic heterocycles. The number of para-hydroxylation sites is 2. The third kappa shape index (κ3) is 3.46. The van der Waals surface area contributed by atoms with Gasteiger partial charge in [-0.05, 0) is 18.1 Å². The van der Waals surface area contributed by atoms with Crippen molar-refractivity contribution in [1.82, 2.24) is 20.3 Å². The number of H-pyrrole nitrogens is 2. The maximum atomic E-state index is 12.7. The standard InChI is InChI=1S/C19H22N4O3/c1-4-11(2)17(18-21-12-7-5-6-8-13(12)22-18)23-19(25)14-9-15(24)16(26-3)10-20-14/h5-11,17H,4H2,1-3H3,(H,20,24)(H,21,22)(H,23,25)/t11-,17-/m0/s1. The summed E-state index contributed by atoms with van der Waals surface area (Å²) in [5, 5.41) is 2.98. The molecule has 0 bridgehead atoms. The molecule has 136 valence electrons. The lowest BCUT2D eigenvalue weighted by atomic mass is 9.98. The largest absolute Gasteiger partial charge is 0.491 e. The zero-order valence-corrected chi connectivity index (χ0v) is 15.0. The molecule has 3 aromatic rings. The van der Waals surface area contributed by atoms with E-state index in [0.717, 1.165) is 17.5 Å². The molecule has 0 saturated carbocycles. The summed E-state index contributed by atoms with van der Waals surface area (Å²) in [6, 6.07) is 8.66.